The molecule has 0 aromatic heterocycles. The second-order valence-corrected chi connectivity index (χ2v) is 4.32. The van der Waals surface area contributed by atoms with Crippen LogP contribution < -0.4 is 15.8 Å². The molecule has 1 unspecified atom stereocenters. The zero-order valence-corrected chi connectivity index (χ0v) is 11.8. The Kier molecular flexibility index (Phi) is 6.29. The highest BCUT2D eigenvalue weighted by molar-refractivity contribution is 5.77. The van der Waals surface area contributed by atoms with Crippen molar-refractivity contribution in [3.8, 4) is 5.75 Å². The number of rotatable bonds is 6. The van der Waals surface area contributed by atoms with E-state index in [-0.39, 0.29) is 24.4 Å². The van der Waals surface area contributed by atoms with Gasteiger partial charge < -0.3 is 20.5 Å². The monoisotopic (exact) mass is 305 g/mol. The number of nitrogens with zero attached hydrogens (tertiary/aromatic N) is 1. The number of hydrogen-bond donors (Lipinski definition) is 2. The molecule has 0 amide bonds. The third kappa shape index (κ3) is 7.40. The first-order chi connectivity index (χ1) is 9.80. The molecule has 0 aliphatic carbocycles. The van der Waals surface area contributed by atoms with Crippen molar-refractivity contribution < 1.29 is 22.6 Å². The normalized spacial score (nSPS) is 13.9. The number of alkyl halides is 3. The molecule has 118 valence electrons. The molecule has 0 saturated carbocycles. The number of methoxy groups -OCH3 is 1. The molecule has 8 heteroatoms. The predicted molar refractivity (Wildman–Crippen MR) is 72.9 cm³/mol. The summed E-state index contributed by atoms with van der Waals surface area (Å²) in [7, 11) is 1.59. The maximum absolute atomic E-state index is 12.0. The summed E-state index contributed by atoms with van der Waals surface area (Å²) in [6, 6.07) is 5.45. The molecule has 1 aromatic carbocycles. The molecule has 21 heavy (non-hydrogen) atoms. The number of nitrogens with two attached hydrogens (primary N) is 1. The van der Waals surface area contributed by atoms with Gasteiger partial charge in [-0.15, -0.1) is 13.2 Å². The van der Waals surface area contributed by atoms with Gasteiger partial charge in [0.25, 0.3) is 0 Å². The van der Waals surface area contributed by atoms with Gasteiger partial charge in [-0.05, 0) is 24.6 Å². The minimum atomic E-state index is -4.69. The summed E-state index contributed by atoms with van der Waals surface area (Å²) in [5, 5.41) is 2.88. The van der Waals surface area contributed by atoms with Gasteiger partial charge in [0.15, 0.2) is 5.96 Å². The van der Waals surface area contributed by atoms with Gasteiger partial charge in [-0.25, -0.2) is 4.99 Å². The van der Waals surface area contributed by atoms with Crippen LogP contribution in [-0.2, 0) is 11.3 Å². The number of halogens is 3. The van der Waals surface area contributed by atoms with Crippen LogP contribution in [0, 0.1) is 0 Å². The van der Waals surface area contributed by atoms with Crippen molar-refractivity contribution in [3.05, 3.63) is 29.8 Å². The van der Waals surface area contributed by atoms with E-state index in [4.69, 9.17) is 10.5 Å². The van der Waals surface area contributed by atoms with Crippen LogP contribution in [0.5, 0.6) is 5.75 Å². The minimum absolute atomic E-state index is 0.00227. The maximum Gasteiger partial charge on any atom is 0.573 e. The van der Waals surface area contributed by atoms with Crippen LogP contribution >= 0.6 is 0 Å². The van der Waals surface area contributed by atoms with Gasteiger partial charge >= 0.3 is 6.36 Å². The van der Waals surface area contributed by atoms with Gasteiger partial charge in [0.1, 0.15) is 5.75 Å². The fourth-order valence-corrected chi connectivity index (χ4v) is 1.36. The number of benzene rings is 1. The summed E-state index contributed by atoms with van der Waals surface area (Å²) in [5.41, 5.74) is 6.36. The lowest BCUT2D eigenvalue weighted by Crippen LogP contribution is -2.37. The Morgan fingerprint density at radius 1 is 1.33 bits per heavy atom. The third-order valence-electron chi connectivity index (χ3n) is 2.56. The number of ether oxygens (including phenoxy) is 2. The first-order valence-corrected chi connectivity index (χ1v) is 6.21. The summed E-state index contributed by atoms with van der Waals surface area (Å²) in [6.45, 7) is 2.65. The molecular formula is C13H18F3N3O2. The molecular weight excluding hydrogens is 287 g/mol. The Morgan fingerprint density at radius 3 is 2.48 bits per heavy atom. The molecule has 0 saturated heterocycles. The van der Waals surface area contributed by atoms with Crippen LogP contribution in [0.3, 0.4) is 0 Å². The standard InChI is InChI=1S/C13H18F3N3O2/c1-9(20-2)7-18-12(17)19-8-10-3-5-11(6-4-10)21-13(14,15)16/h3-6,9H,7-8H2,1-2H3,(H3,17,18,19). The van der Waals surface area contributed by atoms with E-state index < -0.39 is 6.36 Å². The third-order valence-corrected chi connectivity index (χ3v) is 2.56. The van der Waals surface area contributed by atoms with Crippen molar-refractivity contribution in [2.24, 2.45) is 10.7 Å². The van der Waals surface area contributed by atoms with Crippen molar-refractivity contribution in [2.75, 3.05) is 13.7 Å². The average Bonchev–Trinajstić information content (AvgIpc) is 2.42. The largest absolute Gasteiger partial charge is 0.573 e. The first kappa shape index (κ1) is 17.1. The molecule has 3 N–H and O–H groups in total. The highest BCUT2D eigenvalue weighted by Crippen LogP contribution is 2.22. The summed E-state index contributed by atoms with van der Waals surface area (Å²) in [4.78, 5) is 4.07. The van der Waals surface area contributed by atoms with Gasteiger partial charge in [-0.1, -0.05) is 12.1 Å². The lowest BCUT2D eigenvalue weighted by atomic mass is 10.2. The van der Waals surface area contributed by atoms with Crippen molar-refractivity contribution >= 4 is 5.96 Å². The fourth-order valence-electron chi connectivity index (χ4n) is 1.36. The molecule has 1 rings (SSSR count). The van der Waals surface area contributed by atoms with Crippen molar-refractivity contribution in [1.29, 1.82) is 0 Å². The van der Waals surface area contributed by atoms with Gasteiger partial charge in [0, 0.05) is 13.7 Å². The van der Waals surface area contributed by atoms with Crippen molar-refractivity contribution in [1.82, 2.24) is 5.32 Å². The van der Waals surface area contributed by atoms with E-state index in [0.29, 0.717) is 12.1 Å². The Labute approximate surface area is 120 Å². The van der Waals surface area contributed by atoms with E-state index in [1.54, 1.807) is 7.11 Å². The first-order valence-electron chi connectivity index (χ1n) is 6.21. The van der Waals surface area contributed by atoms with E-state index >= 15 is 0 Å². The number of nitrogens with one attached hydrogen (secondary N) is 1. The molecule has 0 aliphatic heterocycles. The van der Waals surface area contributed by atoms with Gasteiger partial charge in [0.2, 0.25) is 0 Å². The van der Waals surface area contributed by atoms with Crippen LogP contribution in [0.1, 0.15) is 12.5 Å². The second kappa shape index (κ2) is 7.72. The van der Waals surface area contributed by atoms with E-state index in [1.807, 2.05) is 6.92 Å². The lowest BCUT2D eigenvalue weighted by Gasteiger charge is -2.11. The topological polar surface area (TPSA) is 68.9 Å². The Morgan fingerprint density at radius 2 is 1.95 bits per heavy atom. The van der Waals surface area contributed by atoms with Crippen LogP contribution in [0.15, 0.2) is 29.3 Å². The lowest BCUT2D eigenvalue weighted by molar-refractivity contribution is -0.274. The maximum atomic E-state index is 12.0. The van der Waals surface area contributed by atoms with Gasteiger partial charge in [-0.3, -0.25) is 0 Å². The Hall–Kier alpha value is -1.96. The quantitative estimate of drug-likeness (QED) is 0.623. The molecule has 5 nitrogen and oxygen atoms in total. The minimum Gasteiger partial charge on any atom is -0.406 e. The fraction of sp³-hybridized carbons (Fsp3) is 0.462. The van der Waals surface area contributed by atoms with E-state index in [9.17, 15) is 13.2 Å². The molecule has 0 fully saturated rings. The van der Waals surface area contributed by atoms with Crippen LogP contribution in [0.2, 0.25) is 0 Å². The number of guanidine groups is 1. The SMILES string of the molecule is COC(C)CNC(N)=NCc1ccc(OC(F)(F)F)cc1. The number of hydrogen-bond acceptors (Lipinski definition) is 3. The van der Waals surface area contributed by atoms with Gasteiger partial charge in [-0.2, -0.15) is 0 Å². The molecule has 0 radical (unpaired) electrons. The zero-order chi connectivity index (χ0) is 15.9. The summed E-state index contributed by atoms with van der Waals surface area (Å²) in [6.07, 6.45) is -4.69. The zero-order valence-electron chi connectivity index (χ0n) is 11.8. The van der Waals surface area contributed by atoms with E-state index in [2.05, 4.69) is 15.0 Å². The van der Waals surface area contributed by atoms with Crippen LogP contribution in [0.25, 0.3) is 0 Å². The van der Waals surface area contributed by atoms with Crippen molar-refractivity contribution in [2.45, 2.75) is 25.9 Å². The smallest absolute Gasteiger partial charge is 0.406 e. The molecule has 1 aromatic rings. The predicted octanol–water partition coefficient (Wildman–Crippen LogP) is 2.02. The molecule has 0 bridgehead atoms. The summed E-state index contributed by atoms with van der Waals surface area (Å²) >= 11 is 0. The summed E-state index contributed by atoms with van der Waals surface area (Å²) in [5.74, 6) is -0.0234. The molecule has 1 atom stereocenters. The van der Waals surface area contributed by atoms with Gasteiger partial charge in [0.05, 0.1) is 12.6 Å². The molecule has 0 heterocycles. The highest BCUT2D eigenvalue weighted by Gasteiger charge is 2.30. The highest BCUT2D eigenvalue weighted by atomic mass is 19.4. The van der Waals surface area contributed by atoms with Crippen LogP contribution in [0.4, 0.5) is 13.2 Å². The second-order valence-electron chi connectivity index (χ2n) is 4.32. The Bertz CT molecular complexity index is 461. The van der Waals surface area contributed by atoms with E-state index in [0.717, 1.165) is 0 Å². The average molecular weight is 305 g/mol. The Balaban J connectivity index is 2.48. The van der Waals surface area contributed by atoms with E-state index in [1.165, 1.54) is 24.3 Å². The molecule has 0 aliphatic rings. The number of aliphatic imine (C=N–C) groups is 1. The van der Waals surface area contributed by atoms with Crippen LogP contribution in [-0.4, -0.2) is 32.1 Å². The molecule has 0 spiro atoms. The van der Waals surface area contributed by atoms with Crippen molar-refractivity contribution in [3.63, 3.8) is 0 Å². The summed E-state index contributed by atoms with van der Waals surface area (Å²) < 4.78 is 44.8.